The topological polar surface area (TPSA) is 19.4 Å². The molecule has 0 bridgehead atoms. The van der Waals surface area contributed by atoms with Crippen LogP contribution >= 0.6 is 0 Å². The molecule has 0 aromatic heterocycles. The van der Waals surface area contributed by atoms with E-state index in [-0.39, 0.29) is 113 Å². The summed E-state index contributed by atoms with van der Waals surface area (Å²) in [5.74, 6) is 0. The molecule has 0 aromatic rings. The fraction of sp³-hybridized carbons (Fsp3) is 0.905. The van der Waals surface area contributed by atoms with Crippen LogP contribution < -0.4 is 113 Å². The van der Waals surface area contributed by atoms with Gasteiger partial charge in [0.2, 0.25) is 0 Å². The molecule has 0 fully saturated rings. The van der Waals surface area contributed by atoms with Crippen LogP contribution in [0.1, 0.15) is 218 Å². The van der Waals surface area contributed by atoms with Crippen molar-refractivity contribution in [2.75, 3.05) is 67.0 Å². The van der Waals surface area contributed by atoms with Gasteiger partial charge >= 0.3 is 113 Å². The van der Waals surface area contributed by atoms with Gasteiger partial charge in [0.05, 0.1) is 0 Å². The van der Waals surface area contributed by atoms with E-state index in [2.05, 4.69) is 249 Å². The van der Waals surface area contributed by atoms with Crippen molar-refractivity contribution in [2.24, 2.45) is 0 Å². The SMILES string of the molecule is CC[CH-][Si](C)(C)N(CC)CC.[CH2-][Si](C)(C)N(C(C)C)C(C)C.[CH2-][Si](C)(C)N(C)C.[CH2-][Si](C)(C)N(C)CCCCCCCCCCCCCCCCCC.[CH2-][Si](C)(C)N(CC)CC.[CH2-][Si](C)(C)N(CCCC)CCCC.[Li+].[Li+].[Li+].[Li+].[Li+].[Li+]. The number of unbranched alkanes of at least 4 members (excludes halogenated alkanes) is 17. The molecular weight excluding hydrogens is 1050 g/mol. The molecule has 0 aromatic carbocycles. The molecular formula is C63H150Li6N6Si6. The van der Waals surface area contributed by atoms with E-state index < -0.39 is 49.4 Å². The molecule has 0 radical (unpaired) electrons. The minimum atomic E-state index is -1.33. The van der Waals surface area contributed by atoms with Crippen LogP contribution in [0.2, 0.25) is 78.6 Å². The zero-order valence-corrected chi connectivity index (χ0v) is 69.7. The summed E-state index contributed by atoms with van der Waals surface area (Å²) in [5, 5.41) is 0. The summed E-state index contributed by atoms with van der Waals surface area (Å²) in [6, 6.07) is 3.78. The Labute approximate surface area is 598 Å². The first-order chi connectivity index (χ1) is 34.3. The van der Waals surface area contributed by atoms with Crippen molar-refractivity contribution < 1.29 is 113 Å². The van der Waals surface area contributed by atoms with Crippen LogP contribution in [0.5, 0.6) is 0 Å². The first-order valence-electron chi connectivity index (χ1n) is 31.8. The zero-order valence-electron chi connectivity index (χ0n) is 63.7. The van der Waals surface area contributed by atoms with Crippen molar-refractivity contribution in [3.63, 3.8) is 0 Å². The summed E-state index contributed by atoms with van der Waals surface area (Å²) in [7, 11) is -0.953. The minimum absolute atomic E-state index is 0. The summed E-state index contributed by atoms with van der Waals surface area (Å²) in [4.78, 5) is 0. The first kappa shape index (κ1) is 113. The van der Waals surface area contributed by atoms with Crippen molar-refractivity contribution in [1.82, 2.24) is 27.4 Å². The third kappa shape index (κ3) is 77.0. The van der Waals surface area contributed by atoms with Crippen LogP contribution in [-0.2, 0) is 0 Å². The van der Waals surface area contributed by atoms with Gasteiger partial charge in [-0.1, -0.05) is 271 Å². The van der Waals surface area contributed by atoms with Gasteiger partial charge in [0.1, 0.15) is 0 Å². The average Bonchev–Trinajstić information content (AvgIpc) is 3.25. The molecule has 0 saturated carbocycles. The molecule has 0 spiro atoms. The second-order valence-corrected chi connectivity index (χ2v) is 52.5. The summed E-state index contributed by atoms with van der Waals surface area (Å²) in [6.07, 6.45) is 29.6. The van der Waals surface area contributed by atoms with Gasteiger partial charge in [-0.25, -0.2) is 0 Å². The number of hydrogen-bond donors (Lipinski definition) is 0. The Morgan fingerprint density at radius 2 is 0.580 bits per heavy atom. The number of hydrogen-bond acceptors (Lipinski definition) is 6. The van der Waals surface area contributed by atoms with Crippen molar-refractivity contribution in [3.05, 3.63) is 38.8 Å². The first-order valence-corrected chi connectivity index (χ1v) is 50.6. The van der Waals surface area contributed by atoms with E-state index in [9.17, 15) is 0 Å². The predicted molar refractivity (Wildman–Crippen MR) is 371 cm³/mol. The molecule has 0 atom stereocenters. The van der Waals surface area contributed by atoms with Gasteiger partial charge in [0.15, 0.2) is 0 Å². The largest absolute Gasteiger partial charge is 1.00 e. The molecule has 0 aliphatic rings. The van der Waals surface area contributed by atoms with E-state index in [1.54, 1.807) is 0 Å². The maximum Gasteiger partial charge on any atom is 1.00 e. The minimum Gasteiger partial charge on any atom is -0.357 e. The smallest absolute Gasteiger partial charge is 0.357 e. The number of nitrogens with zero attached hydrogens (tertiary/aromatic N) is 6. The van der Waals surface area contributed by atoms with E-state index in [4.69, 9.17) is 0 Å². The van der Waals surface area contributed by atoms with Crippen molar-refractivity contribution >= 4 is 49.4 Å². The van der Waals surface area contributed by atoms with Gasteiger partial charge in [-0.15, -0.1) is 0 Å². The third-order valence-electron chi connectivity index (χ3n) is 14.7. The van der Waals surface area contributed by atoms with Crippen molar-refractivity contribution in [1.29, 1.82) is 0 Å². The zero-order chi connectivity index (χ0) is 60.1. The normalized spacial score (nSPS) is 11.7. The molecule has 81 heavy (non-hydrogen) atoms. The second kappa shape index (κ2) is 67.5. The fourth-order valence-corrected chi connectivity index (χ4v) is 19.0. The van der Waals surface area contributed by atoms with Crippen molar-refractivity contribution in [2.45, 2.75) is 309 Å². The molecule has 6 nitrogen and oxygen atoms in total. The van der Waals surface area contributed by atoms with Crippen LogP contribution in [0, 0.1) is 38.8 Å². The molecule has 0 aliphatic carbocycles. The molecule has 462 valence electrons. The maximum atomic E-state index is 4.34. The molecule has 0 amide bonds. The van der Waals surface area contributed by atoms with E-state index >= 15 is 0 Å². The van der Waals surface area contributed by atoms with Crippen LogP contribution in [0.4, 0.5) is 0 Å². The van der Waals surface area contributed by atoms with Crippen LogP contribution in [0.15, 0.2) is 0 Å². The average molecular weight is 1200 g/mol. The van der Waals surface area contributed by atoms with Crippen LogP contribution in [0.3, 0.4) is 0 Å². The van der Waals surface area contributed by atoms with Crippen molar-refractivity contribution in [3.8, 4) is 0 Å². The molecule has 0 saturated heterocycles. The summed E-state index contributed by atoms with van der Waals surface area (Å²) in [6.45, 7) is 84.4. The Bertz CT molecular complexity index is 1160. The standard InChI is InChI=1S/C22H48NSi.C11H26NSi.2C9H22NSi.C7H18NSi.C5H14NSi.6Li/c1-6-7-8-9-10-11-12-13-14-15-16-17-18-19-20-21-22-23(2)24(3,4)5;1-6-8-10-12(11-9-7-2)13(3,4)5;1-8(2)10(9(3)4)11(5,6)7;1-6-9-11(4,5)10(7-2)8-3;1-6-8(7-2)9(3,4)5;1-6(2)7(3,4)5;;;;;;/h3,6-22H2,1-2,4-5H3;3,6-11H2,1-2,4-5H3;8-9H,5H2,1-4,6-7H3;9H,6-8H2,1-5H3;3,6-7H2,1-2,4-5H3;3H2,1-2,4-5H3;;;;;;/q6*-1;6*+1. The fourth-order valence-electron chi connectivity index (χ4n) is 9.36. The third-order valence-corrected chi connectivity index (χ3v) is 30.0. The molecule has 0 unspecified atom stereocenters. The monoisotopic (exact) mass is 1200 g/mol. The summed E-state index contributed by atoms with van der Waals surface area (Å²) in [5.41, 5.74) is 0. The Morgan fingerprint density at radius 3 is 0.741 bits per heavy atom. The Morgan fingerprint density at radius 1 is 0.321 bits per heavy atom. The molecule has 0 aliphatic heterocycles. The van der Waals surface area contributed by atoms with Gasteiger partial charge in [0, 0.05) is 0 Å². The van der Waals surface area contributed by atoms with Gasteiger partial charge in [-0.3, -0.25) is 0 Å². The van der Waals surface area contributed by atoms with E-state index in [0.717, 1.165) is 13.1 Å². The Balaban J connectivity index is -0.0000000730. The van der Waals surface area contributed by atoms with E-state index in [0.29, 0.717) is 12.1 Å². The molecule has 0 rings (SSSR count). The van der Waals surface area contributed by atoms with Gasteiger partial charge < -0.3 is 66.2 Å². The molecule has 0 N–H and O–H groups in total. The molecule has 0 heterocycles. The number of rotatable bonds is 37. The molecule has 18 heteroatoms. The predicted octanol–water partition coefficient (Wildman–Crippen LogP) is 1.65. The van der Waals surface area contributed by atoms with Gasteiger partial charge in [0.25, 0.3) is 0 Å². The van der Waals surface area contributed by atoms with E-state index in [1.807, 2.05) is 0 Å². The van der Waals surface area contributed by atoms with Crippen LogP contribution in [-0.4, -0.2) is 156 Å². The van der Waals surface area contributed by atoms with Gasteiger partial charge in [-0.2, -0.15) is 6.42 Å². The Kier molecular flexibility index (Phi) is 94.3. The van der Waals surface area contributed by atoms with Gasteiger partial charge in [-0.05, 0) is 148 Å². The second-order valence-electron chi connectivity index (χ2n) is 26.6. The van der Waals surface area contributed by atoms with Crippen LogP contribution in [0.25, 0.3) is 0 Å². The Hall–Kier alpha value is 4.65. The maximum absolute atomic E-state index is 4.34. The van der Waals surface area contributed by atoms with E-state index in [1.165, 1.54) is 168 Å². The summed E-state index contributed by atoms with van der Waals surface area (Å²) < 4.78 is 15.0. The quantitative estimate of drug-likeness (QED) is 0.0533. The summed E-state index contributed by atoms with van der Waals surface area (Å²) >= 11 is 0.